The Bertz CT molecular complexity index is 414. The molecule has 0 unspecified atom stereocenters. The first-order chi connectivity index (χ1) is 9.13. The number of benzene rings is 1. The highest BCUT2D eigenvalue weighted by Gasteiger charge is 2.19. The van der Waals surface area contributed by atoms with E-state index in [0.717, 1.165) is 25.7 Å². The average Bonchev–Trinajstić information content (AvgIpc) is 2.41. The van der Waals surface area contributed by atoms with Gasteiger partial charge >= 0.3 is 0 Å². The lowest BCUT2D eigenvalue weighted by atomic mass is 9.94. The van der Waals surface area contributed by atoms with Gasteiger partial charge in [0, 0.05) is 11.7 Å². The van der Waals surface area contributed by atoms with Crippen LogP contribution in [0.15, 0.2) is 24.3 Å². The predicted molar refractivity (Wildman–Crippen MR) is 71.2 cm³/mol. The molecule has 104 valence electrons. The maximum atomic E-state index is 12.7. The second-order valence-electron chi connectivity index (χ2n) is 4.90. The Kier molecular flexibility index (Phi) is 4.87. The zero-order valence-electron chi connectivity index (χ0n) is 10.8. The molecule has 0 heterocycles. The van der Waals surface area contributed by atoms with Crippen LogP contribution in [0.4, 0.5) is 10.1 Å². The minimum absolute atomic E-state index is 0.0251. The lowest BCUT2D eigenvalue weighted by Gasteiger charge is -2.25. The van der Waals surface area contributed by atoms with E-state index in [-0.39, 0.29) is 30.5 Å². The summed E-state index contributed by atoms with van der Waals surface area (Å²) in [6.07, 6.45) is 3.84. The van der Waals surface area contributed by atoms with Gasteiger partial charge < -0.3 is 15.8 Å². The summed E-state index contributed by atoms with van der Waals surface area (Å²) in [5.41, 5.74) is 6.37. The fourth-order valence-corrected chi connectivity index (χ4v) is 2.18. The van der Waals surface area contributed by atoms with Crippen LogP contribution >= 0.6 is 0 Å². The minimum atomic E-state index is -0.326. The number of rotatable bonds is 4. The van der Waals surface area contributed by atoms with Gasteiger partial charge in [0.15, 0.2) is 0 Å². The molecule has 1 aliphatic carbocycles. The van der Waals surface area contributed by atoms with E-state index in [0.29, 0.717) is 5.69 Å². The van der Waals surface area contributed by atoms with Crippen molar-refractivity contribution in [3.05, 3.63) is 30.1 Å². The summed E-state index contributed by atoms with van der Waals surface area (Å²) < 4.78 is 18.2. The molecular formula is C14H19FN2O2. The molecule has 1 fully saturated rings. The molecule has 1 aliphatic rings. The molecule has 2 rings (SSSR count). The summed E-state index contributed by atoms with van der Waals surface area (Å²) in [5.74, 6) is -0.547. The third-order valence-electron chi connectivity index (χ3n) is 3.30. The number of halogens is 1. The highest BCUT2D eigenvalue weighted by molar-refractivity contribution is 5.91. The number of anilines is 1. The SMILES string of the molecule is NC1CCC(OCC(=O)Nc2ccc(F)cc2)CC1. The minimum Gasteiger partial charge on any atom is -0.368 e. The highest BCUT2D eigenvalue weighted by atomic mass is 19.1. The van der Waals surface area contributed by atoms with Crippen LogP contribution in [-0.4, -0.2) is 24.7 Å². The molecule has 1 saturated carbocycles. The summed E-state index contributed by atoms with van der Waals surface area (Å²) in [4.78, 5) is 11.6. The van der Waals surface area contributed by atoms with Crippen molar-refractivity contribution in [1.29, 1.82) is 0 Å². The van der Waals surface area contributed by atoms with Gasteiger partial charge in [-0.3, -0.25) is 4.79 Å². The molecule has 0 spiro atoms. The van der Waals surface area contributed by atoms with Gasteiger partial charge in [-0.25, -0.2) is 4.39 Å². The van der Waals surface area contributed by atoms with Crippen molar-refractivity contribution in [2.75, 3.05) is 11.9 Å². The number of hydrogen-bond acceptors (Lipinski definition) is 3. The Labute approximate surface area is 112 Å². The summed E-state index contributed by atoms with van der Waals surface area (Å²) >= 11 is 0. The van der Waals surface area contributed by atoms with Gasteiger partial charge in [0.2, 0.25) is 5.91 Å². The van der Waals surface area contributed by atoms with Gasteiger partial charge in [-0.2, -0.15) is 0 Å². The maximum absolute atomic E-state index is 12.7. The van der Waals surface area contributed by atoms with Crippen LogP contribution in [0, 0.1) is 5.82 Å². The summed E-state index contributed by atoms with van der Waals surface area (Å²) in [7, 11) is 0. The lowest BCUT2D eigenvalue weighted by molar-refractivity contribution is -0.123. The molecule has 0 atom stereocenters. The van der Waals surface area contributed by atoms with Crippen molar-refractivity contribution >= 4 is 11.6 Å². The number of amides is 1. The van der Waals surface area contributed by atoms with Gasteiger partial charge in [-0.15, -0.1) is 0 Å². The van der Waals surface area contributed by atoms with E-state index in [1.54, 1.807) is 0 Å². The molecule has 0 radical (unpaired) electrons. The molecule has 5 heteroatoms. The summed E-state index contributed by atoms with van der Waals surface area (Å²) in [6.45, 7) is 0.0251. The molecule has 1 aromatic rings. The number of carbonyl (C=O) groups is 1. The van der Waals surface area contributed by atoms with Crippen molar-refractivity contribution < 1.29 is 13.9 Å². The quantitative estimate of drug-likeness (QED) is 0.876. The van der Waals surface area contributed by atoms with E-state index in [1.807, 2.05) is 0 Å². The van der Waals surface area contributed by atoms with Gasteiger partial charge in [0.05, 0.1) is 6.10 Å². The third-order valence-corrected chi connectivity index (χ3v) is 3.30. The summed E-state index contributed by atoms with van der Waals surface area (Å²) in [5, 5.41) is 2.66. The smallest absolute Gasteiger partial charge is 0.250 e. The molecular weight excluding hydrogens is 247 g/mol. The number of nitrogens with one attached hydrogen (secondary N) is 1. The Morgan fingerprint density at radius 2 is 1.89 bits per heavy atom. The molecule has 0 aromatic heterocycles. The molecule has 1 aromatic carbocycles. The van der Waals surface area contributed by atoms with Crippen LogP contribution in [0.1, 0.15) is 25.7 Å². The fraction of sp³-hybridized carbons (Fsp3) is 0.500. The van der Waals surface area contributed by atoms with E-state index in [4.69, 9.17) is 10.5 Å². The van der Waals surface area contributed by atoms with Crippen molar-refractivity contribution in [3.8, 4) is 0 Å². The van der Waals surface area contributed by atoms with Crippen molar-refractivity contribution in [3.63, 3.8) is 0 Å². The first kappa shape index (κ1) is 14.0. The van der Waals surface area contributed by atoms with E-state index >= 15 is 0 Å². The van der Waals surface area contributed by atoms with Crippen LogP contribution in [0.5, 0.6) is 0 Å². The van der Waals surface area contributed by atoms with Gasteiger partial charge in [0.25, 0.3) is 0 Å². The van der Waals surface area contributed by atoms with Crippen LogP contribution in [0.25, 0.3) is 0 Å². The molecule has 1 amide bonds. The van der Waals surface area contributed by atoms with Crippen molar-refractivity contribution in [2.45, 2.75) is 37.8 Å². The monoisotopic (exact) mass is 266 g/mol. The first-order valence-corrected chi connectivity index (χ1v) is 6.56. The molecule has 19 heavy (non-hydrogen) atoms. The largest absolute Gasteiger partial charge is 0.368 e. The first-order valence-electron chi connectivity index (χ1n) is 6.56. The number of ether oxygens (including phenoxy) is 1. The summed E-state index contributed by atoms with van der Waals surface area (Å²) in [6, 6.07) is 5.92. The van der Waals surface area contributed by atoms with E-state index in [2.05, 4.69) is 5.32 Å². The number of carbonyl (C=O) groups excluding carboxylic acids is 1. The standard InChI is InChI=1S/C14H19FN2O2/c15-10-1-5-12(6-2-10)17-14(18)9-19-13-7-3-11(16)4-8-13/h1-2,5-6,11,13H,3-4,7-9,16H2,(H,17,18). The highest BCUT2D eigenvalue weighted by Crippen LogP contribution is 2.19. The topological polar surface area (TPSA) is 64.3 Å². The zero-order chi connectivity index (χ0) is 13.7. The molecule has 0 bridgehead atoms. The Morgan fingerprint density at radius 3 is 2.53 bits per heavy atom. The second-order valence-corrected chi connectivity index (χ2v) is 4.90. The molecule has 3 N–H and O–H groups in total. The predicted octanol–water partition coefficient (Wildman–Crippen LogP) is 2.05. The Morgan fingerprint density at radius 1 is 1.26 bits per heavy atom. The van der Waals surface area contributed by atoms with Gasteiger partial charge in [0.1, 0.15) is 12.4 Å². The van der Waals surface area contributed by atoms with Crippen LogP contribution in [0.3, 0.4) is 0 Å². The second kappa shape index (κ2) is 6.63. The van der Waals surface area contributed by atoms with Gasteiger partial charge in [-0.05, 0) is 49.9 Å². The van der Waals surface area contributed by atoms with Crippen molar-refractivity contribution in [2.24, 2.45) is 5.73 Å². The molecule has 4 nitrogen and oxygen atoms in total. The fourth-order valence-electron chi connectivity index (χ4n) is 2.18. The Hall–Kier alpha value is -1.46. The third kappa shape index (κ3) is 4.61. The van der Waals surface area contributed by atoms with E-state index in [1.165, 1.54) is 24.3 Å². The lowest BCUT2D eigenvalue weighted by Crippen LogP contribution is -2.32. The Balaban J connectivity index is 1.71. The van der Waals surface area contributed by atoms with E-state index < -0.39 is 0 Å². The van der Waals surface area contributed by atoms with Gasteiger partial charge in [-0.1, -0.05) is 0 Å². The average molecular weight is 266 g/mol. The van der Waals surface area contributed by atoms with Crippen LogP contribution in [0.2, 0.25) is 0 Å². The zero-order valence-corrected chi connectivity index (χ0v) is 10.8. The van der Waals surface area contributed by atoms with Crippen molar-refractivity contribution in [1.82, 2.24) is 0 Å². The van der Waals surface area contributed by atoms with Crippen LogP contribution in [-0.2, 0) is 9.53 Å². The van der Waals surface area contributed by atoms with E-state index in [9.17, 15) is 9.18 Å². The normalized spacial score (nSPS) is 23.1. The van der Waals surface area contributed by atoms with Crippen LogP contribution < -0.4 is 11.1 Å². The molecule has 0 aliphatic heterocycles. The maximum Gasteiger partial charge on any atom is 0.250 e. The number of nitrogens with two attached hydrogens (primary N) is 1. The number of hydrogen-bond donors (Lipinski definition) is 2. The molecule has 0 saturated heterocycles.